The number of hydrogen-bond acceptors (Lipinski definition) is 8. The van der Waals surface area contributed by atoms with Gasteiger partial charge in [0.05, 0.1) is 25.4 Å². The van der Waals surface area contributed by atoms with E-state index in [0.29, 0.717) is 12.8 Å². The highest BCUT2D eigenvalue weighted by Crippen LogP contribution is 2.25. The molecule has 1 aliphatic heterocycles. The van der Waals surface area contributed by atoms with Crippen molar-refractivity contribution in [3.05, 3.63) is 0 Å². The number of aliphatic hydroxyl groups is 5. The third-order valence-corrected chi connectivity index (χ3v) is 19.7. The molecule has 0 aromatic rings. The average Bonchev–Trinajstić information content (AvgIpc) is 3.37. The van der Waals surface area contributed by atoms with Crippen LogP contribution in [0, 0.1) is 0 Å². The summed E-state index contributed by atoms with van der Waals surface area (Å²) in [5.41, 5.74) is 0. The molecule has 9 heteroatoms. The predicted molar refractivity (Wildman–Crippen MR) is 374 cm³/mol. The SMILES string of the molecule is CCCCCCCCCCCCCCCCCCCCCCCCCCCCCCCCCCCC(O)C(COC1OC(CO)C(O)C(O)C1O)NC(=O)CCCCCCCCCCCCCCCCCCCCCCCCCCCCCCCCC. The number of amides is 1. The van der Waals surface area contributed by atoms with E-state index in [9.17, 15) is 30.3 Å². The quantitative estimate of drug-likeness (QED) is 0.0330. The lowest BCUT2D eigenvalue weighted by atomic mass is 9.99. The molecule has 1 heterocycles. The van der Waals surface area contributed by atoms with Gasteiger partial charge in [-0.15, -0.1) is 0 Å². The Labute approximate surface area is 542 Å². The summed E-state index contributed by atoms with van der Waals surface area (Å²) in [4.78, 5) is 13.2. The van der Waals surface area contributed by atoms with Gasteiger partial charge in [0.1, 0.15) is 24.4 Å². The van der Waals surface area contributed by atoms with E-state index in [1.54, 1.807) is 0 Å². The van der Waals surface area contributed by atoms with Crippen LogP contribution in [0.25, 0.3) is 0 Å². The van der Waals surface area contributed by atoms with Crippen LogP contribution in [0.5, 0.6) is 0 Å². The van der Waals surface area contributed by atoms with E-state index in [-0.39, 0.29) is 12.5 Å². The molecule has 0 radical (unpaired) electrons. The second kappa shape index (κ2) is 68.1. The van der Waals surface area contributed by atoms with Crippen LogP contribution in [0.2, 0.25) is 0 Å². The molecule has 1 saturated heterocycles. The second-order valence-corrected chi connectivity index (χ2v) is 28.2. The van der Waals surface area contributed by atoms with Crippen molar-refractivity contribution in [2.45, 2.75) is 480 Å². The number of nitrogens with one attached hydrogen (secondary N) is 1. The molecular formula is C78H155NO8. The molecule has 7 atom stereocenters. The molecule has 0 bridgehead atoms. The molecule has 0 aromatic carbocycles. The van der Waals surface area contributed by atoms with Gasteiger partial charge in [0.2, 0.25) is 5.91 Å². The molecule has 7 unspecified atom stereocenters. The number of carbonyl (C=O) groups is 1. The number of carbonyl (C=O) groups excluding carboxylic acids is 1. The lowest BCUT2D eigenvalue weighted by Gasteiger charge is -2.40. The Morgan fingerprint density at radius 2 is 0.575 bits per heavy atom. The van der Waals surface area contributed by atoms with Crippen LogP contribution in [0.4, 0.5) is 0 Å². The first-order chi connectivity index (χ1) is 42.8. The largest absolute Gasteiger partial charge is 0.394 e. The molecule has 87 heavy (non-hydrogen) atoms. The molecule has 0 aromatic heterocycles. The van der Waals surface area contributed by atoms with E-state index in [2.05, 4.69) is 19.2 Å². The van der Waals surface area contributed by atoms with E-state index >= 15 is 0 Å². The van der Waals surface area contributed by atoms with Gasteiger partial charge in [-0.2, -0.15) is 0 Å². The van der Waals surface area contributed by atoms with E-state index in [1.807, 2.05) is 0 Å². The Morgan fingerprint density at radius 1 is 0.345 bits per heavy atom. The Morgan fingerprint density at radius 3 is 0.816 bits per heavy atom. The van der Waals surface area contributed by atoms with Crippen molar-refractivity contribution in [1.29, 1.82) is 0 Å². The first-order valence-corrected chi connectivity index (χ1v) is 39.7. The van der Waals surface area contributed by atoms with Crippen molar-refractivity contribution in [1.82, 2.24) is 5.32 Å². The minimum absolute atomic E-state index is 0.130. The van der Waals surface area contributed by atoms with Gasteiger partial charge in [-0.25, -0.2) is 0 Å². The third kappa shape index (κ3) is 56.5. The van der Waals surface area contributed by atoms with Crippen LogP contribution in [0.15, 0.2) is 0 Å². The molecular weight excluding hydrogens is 1080 g/mol. The smallest absolute Gasteiger partial charge is 0.220 e. The van der Waals surface area contributed by atoms with E-state index in [4.69, 9.17) is 9.47 Å². The van der Waals surface area contributed by atoms with Crippen molar-refractivity contribution >= 4 is 5.91 Å². The Balaban J connectivity index is 2.04. The first kappa shape index (κ1) is 84.2. The van der Waals surface area contributed by atoms with Gasteiger partial charge < -0.3 is 40.3 Å². The van der Waals surface area contributed by atoms with Crippen molar-refractivity contribution in [2.75, 3.05) is 13.2 Å². The minimum Gasteiger partial charge on any atom is -0.394 e. The molecule has 1 fully saturated rings. The number of ether oxygens (including phenoxy) is 2. The Bertz CT molecular complexity index is 1340. The van der Waals surface area contributed by atoms with Crippen molar-refractivity contribution in [3.8, 4) is 0 Å². The summed E-state index contributed by atoms with van der Waals surface area (Å²) in [6.45, 7) is 3.92. The van der Waals surface area contributed by atoms with Crippen molar-refractivity contribution < 1.29 is 39.8 Å². The molecule has 6 N–H and O–H groups in total. The van der Waals surface area contributed by atoms with Gasteiger partial charge in [0.25, 0.3) is 0 Å². The zero-order valence-electron chi connectivity index (χ0n) is 58.6. The van der Waals surface area contributed by atoms with Gasteiger partial charge in [-0.1, -0.05) is 418 Å². The van der Waals surface area contributed by atoms with Crippen LogP contribution >= 0.6 is 0 Å². The monoisotopic (exact) mass is 1230 g/mol. The molecule has 1 rings (SSSR count). The zero-order chi connectivity index (χ0) is 62.8. The van der Waals surface area contributed by atoms with Crippen LogP contribution in [0.3, 0.4) is 0 Å². The summed E-state index contributed by atoms with van der Waals surface area (Å²) in [5, 5.41) is 55.1. The summed E-state index contributed by atoms with van der Waals surface area (Å²) in [6.07, 6.45) is 80.8. The van der Waals surface area contributed by atoms with Crippen molar-refractivity contribution in [2.24, 2.45) is 0 Å². The van der Waals surface area contributed by atoms with Gasteiger partial charge >= 0.3 is 0 Å². The van der Waals surface area contributed by atoms with Crippen LogP contribution < -0.4 is 5.32 Å². The number of rotatable bonds is 72. The van der Waals surface area contributed by atoms with Gasteiger partial charge in [0.15, 0.2) is 6.29 Å². The molecule has 0 aliphatic carbocycles. The van der Waals surface area contributed by atoms with Crippen LogP contribution in [0.1, 0.15) is 438 Å². The normalized spacial score (nSPS) is 17.8. The molecule has 0 saturated carbocycles. The Kier molecular flexibility index (Phi) is 65.9. The molecule has 9 nitrogen and oxygen atoms in total. The van der Waals surface area contributed by atoms with Gasteiger partial charge in [-0.3, -0.25) is 4.79 Å². The van der Waals surface area contributed by atoms with E-state index in [0.717, 1.165) is 38.5 Å². The lowest BCUT2D eigenvalue weighted by Crippen LogP contribution is -2.60. The second-order valence-electron chi connectivity index (χ2n) is 28.2. The highest BCUT2D eigenvalue weighted by Gasteiger charge is 2.44. The average molecular weight is 1240 g/mol. The zero-order valence-corrected chi connectivity index (χ0v) is 58.6. The van der Waals surface area contributed by atoms with E-state index < -0.39 is 49.5 Å². The third-order valence-electron chi connectivity index (χ3n) is 19.7. The summed E-state index contributed by atoms with van der Waals surface area (Å²) in [6, 6.07) is -0.716. The fourth-order valence-corrected chi connectivity index (χ4v) is 13.5. The summed E-state index contributed by atoms with van der Waals surface area (Å²) >= 11 is 0. The standard InChI is InChI=1S/C78H155NO8/c1-3-5-7-9-11-13-15-17-19-21-23-25-27-29-31-33-35-36-38-39-41-43-45-47-49-51-53-55-57-59-61-63-65-67-72(81)71(70-86-78-77(85)76(84)75(83)73(69-80)87-78)79-74(82)68-66-64-62-60-58-56-54-52-50-48-46-44-42-40-37-34-32-30-28-26-24-22-20-18-16-14-12-10-8-6-4-2/h71-73,75-78,80-81,83-85H,3-70H2,1-2H3,(H,79,82). The minimum atomic E-state index is -1.55. The number of aliphatic hydroxyl groups excluding tert-OH is 5. The highest BCUT2D eigenvalue weighted by molar-refractivity contribution is 5.76. The van der Waals surface area contributed by atoms with Crippen LogP contribution in [-0.4, -0.2) is 87.5 Å². The topological polar surface area (TPSA) is 149 Å². The number of unbranched alkanes of at least 4 members (excludes halogenated alkanes) is 62. The maximum absolute atomic E-state index is 13.2. The number of hydrogen-bond donors (Lipinski definition) is 6. The molecule has 520 valence electrons. The lowest BCUT2D eigenvalue weighted by molar-refractivity contribution is -0.302. The molecule has 1 aliphatic rings. The fraction of sp³-hybridized carbons (Fsp3) is 0.987. The maximum atomic E-state index is 13.2. The van der Waals surface area contributed by atoms with Crippen LogP contribution in [-0.2, 0) is 14.3 Å². The predicted octanol–water partition coefficient (Wildman–Crippen LogP) is 22.4. The van der Waals surface area contributed by atoms with Gasteiger partial charge in [0, 0.05) is 6.42 Å². The fourth-order valence-electron chi connectivity index (χ4n) is 13.5. The maximum Gasteiger partial charge on any atom is 0.220 e. The first-order valence-electron chi connectivity index (χ1n) is 39.7. The molecule has 0 spiro atoms. The Hall–Kier alpha value is -0.810. The van der Waals surface area contributed by atoms with Gasteiger partial charge in [-0.05, 0) is 12.8 Å². The summed E-state index contributed by atoms with van der Waals surface area (Å²) < 4.78 is 11.4. The summed E-state index contributed by atoms with van der Waals surface area (Å²) in [5.74, 6) is -0.131. The molecule has 1 amide bonds. The van der Waals surface area contributed by atoms with Crippen molar-refractivity contribution in [3.63, 3.8) is 0 Å². The highest BCUT2D eigenvalue weighted by atomic mass is 16.7. The summed E-state index contributed by atoms with van der Waals surface area (Å²) in [7, 11) is 0. The van der Waals surface area contributed by atoms with E-state index in [1.165, 1.54) is 372 Å².